The van der Waals surface area contributed by atoms with Crippen molar-refractivity contribution in [2.24, 2.45) is 0 Å². The number of aryl methyl sites for hydroxylation is 1. The molecule has 0 saturated carbocycles. The van der Waals surface area contributed by atoms with Gasteiger partial charge in [0.05, 0.1) is 5.41 Å². The van der Waals surface area contributed by atoms with E-state index in [2.05, 4.69) is 16.0 Å². The van der Waals surface area contributed by atoms with E-state index in [1.807, 2.05) is 26.0 Å². The number of carbonyl (C=O) groups excluding carboxylic acids is 5. The second-order valence-corrected chi connectivity index (χ2v) is 9.25. The average molecular weight is 477 g/mol. The summed E-state index contributed by atoms with van der Waals surface area (Å²) in [5, 5.41) is 7.80. The lowest BCUT2D eigenvalue weighted by molar-refractivity contribution is -0.138. The molecule has 2 unspecified atom stereocenters. The molecule has 9 nitrogen and oxygen atoms in total. The number of imide groups is 2. The highest BCUT2D eigenvalue weighted by atomic mass is 16.2. The average Bonchev–Trinajstić information content (AvgIpc) is 3.04. The first kappa shape index (κ1) is 24.1. The van der Waals surface area contributed by atoms with Crippen LogP contribution in [-0.2, 0) is 30.1 Å². The fraction of sp³-hybridized carbons (Fsp3) is 0.346. The van der Waals surface area contributed by atoms with Gasteiger partial charge >= 0.3 is 6.03 Å². The summed E-state index contributed by atoms with van der Waals surface area (Å²) in [4.78, 5) is 63.3. The second-order valence-electron chi connectivity index (χ2n) is 9.25. The molecule has 0 aliphatic carbocycles. The lowest BCUT2D eigenvalue weighted by atomic mass is 9.72. The van der Waals surface area contributed by atoms with Crippen LogP contribution in [0.5, 0.6) is 0 Å². The highest BCUT2D eigenvalue weighted by Crippen LogP contribution is 2.36. The lowest BCUT2D eigenvalue weighted by Crippen LogP contribution is -2.51. The standard InChI is InChI=1S/C26H28N4O5/c1-4-26(14-13-20(31)28-22(26)33)18-9-11-19(12-10-18)27-21(32)15-30-23(34)25(3,29-24(30)35)17-7-5-16(2)6-8-17/h5-12H,4,13-15H2,1-3H3,(H,27,32)(H,29,35)(H,28,31,33). The van der Waals surface area contributed by atoms with Crippen LogP contribution in [0.15, 0.2) is 48.5 Å². The summed E-state index contributed by atoms with van der Waals surface area (Å²) >= 11 is 0. The smallest absolute Gasteiger partial charge is 0.325 e. The maximum Gasteiger partial charge on any atom is 0.325 e. The van der Waals surface area contributed by atoms with E-state index in [0.29, 0.717) is 24.1 Å². The molecular weight excluding hydrogens is 448 g/mol. The van der Waals surface area contributed by atoms with Gasteiger partial charge in [-0.2, -0.15) is 0 Å². The van der Waals surface area contributed by atoms with Gasteiger partial charge in [0.15, 0.2) is 0 Å². The van der Waals surface area contributed by atoms with E-state index in [0.717, 1.165) is 16.0 Å². The number of carbonyl (C=O) groups is 5. The molecule has 182 valence electrons. The van der Waals surface area contributed by atoms with Crippen LogP contribution >= 0.6 is 0 Å². The molecule has 2 aromatic carbocycles. The van der Waals surface area contributed by atoms with Crippen molar-refractivity contribution in [1.82, 2.24) is 15.5 Å². The van der Waals surface area contributed by atoms with Crippen LogP contribution in [-0.4, -0.2) is 41.1 Å². The van der Waals surface area contributed by atoms with E-state index in [-0.39, 0.29) is 18.2 Å². The summed E-state index contributed by atoms with van der Waals surface area (Å²) in [5.41, 5.74) is 0.841. The van der Waals surface area contributed by atoms with Crippen molar-refractivity contribution < 1.29 is 24.0 Å². The summed E-state index contributed by atoms with van der Waals surface area (Å²) < 4.78 is 0. The Morgan fingerprint density at radius 2 is 1.63 bits per heavy atom. The number of benzene rings is 2. The minimum atomic E-state index is -1.25. The van der Waals surface area contributed by atoms with Crippen LogP contribution in [0.4, 0.5) is 10.5 Å². The number of urea groups is 1. The predicted molar refractivity (Wildman–Crippen MR) is 128 cm³/mol. The van der Waals surface area contributed by atoms with Crippen LogP contribution in [0.1, 0.15) is 49.8 Å². The van der Waals surface area contributed by atoms with Gasteiger partial charge in [0.25, 0.3) is 5.91 Å². The van der Waals surface area contributed by atoms with Gasteiger partial charge in [-0.1, -0.05) is 48.9 Å². The molecule has 2 aromatic rings. The predicted octanol–water partition coefficient (Wildman–Crippen LogP) is 2.49. The Balaban J connectivity index is 1.44. The molecule has 6 amide bonds. The third-order valence-corrected chi connectivity index (χ3v) is 7.00. The molecule has 2 saturated heterocycles. The Hall–Kier alpha value is -4.01. The van der Waals surface area contributed by atoms with Crippen LogP contribution in [0.25, 0.3) is 0 Å². The van der Waals surface area contributed by atoms with Gasteiger partial charge in [0.1, 0.15) is 12.1 Å². The zero-order chi connectivity index (χ0) is 25.4. The molecular formula is C26H28N4O5. The number of piperidine rings is 1. The zero-order valence-corrected chi connectivity index (χ0v) is 19.9. The summed E-state index contributed by atoms with van der Waals surface area (Å²) in [7, 11) is 0. The topological polar surface area (TPSA) is 125 Å². The number of amides is 6. The number of hydrogen-bond donors (Lipinski definition) is 3. The highest BCUT2D eigenvalue weighted by molar-refractivity contribution is 6.10. The molecule has 3 N–H and O–H groups in total. The maximum absolute atomic E-state index is 13.1. The molecule has 0 radical (unpaired) electrons. The van der Waals surface area contributed by atoms with Crippen molar-refractivity contribution >= 4 is 35.3 Å². The summed E-state index contributed by atoms with van der Waals surface area (Å²) in [6.45, 7) is 5.01. The van der Waals surface area contributed by atoms with Crippen molar-refractivity contribution in [3.8, 4) is 0 Å². The molecule has 0 aromatic heterocycles. The number of nitrogens with one attached hydrogen (secondary N) is 3. The largest absolute Gasteiger partial charge is 0.325 e. The Kier molecular flexibility index (Phi) is 6.19. The Morgan fingerprint density at radius 1 is 1.00 bits per heavy atom. The molecule has 2 aliphatic heterocycles. The van der Waals surface area contributed by atoms with Crippen LogP contribution in [0, 0.1) is 6.92 Å². The van der Waals surface area contributed by atoms with Crippen molar-refractivity contribution in [1.29, 1.82) is 0 Å². The van der Waals surface area contributed by atoms with Gasteiger partial charge in [0, 0.05) is 12.1 Å². The van der Waals surface area contributed by atoms with Gasteiger partial charge < -0.3 is 10.6 Å². The van der Waals surface area contributed by atoms with Gasteiger partial charge in [-0.25, -0.2) is 4.79 Å². The molecule has 0 bridgehead atoms. The first-order valence-electron chi connectivity index (χ1n) is 11.5. The minimum Gasteiger partial charge on any atom is -0.325 e. The second kappa shape index (κ2) is 8.98. The van der Waals surface area contributed by atoms with E-state index in [1.54, 1.807) is 43.3 Å². The molecule has 4 rings (SSSR count). The fourth-order valence-corrected chi connectivity index (χ4v) is 4.71. The van der Waals surface area contributed by atoms with E-state index in [4.69, 9.17) is 0 Å². The molecule has 2 aliphatic rings. The number of anilines is 1. The quantitative estimate of drug-likeness (QED) is 0.436. The van der Waals surface area contributed by atoms with Crippen molar-refractivity contribution in [3.05, 3.63) is 65.2 Å². The van der Waals surface area contributed by atoms with Gasteiger partial charge in [-0.3, -0.25) is 29.4 Å². The molecule has 35 heavy (non-hydrogen) atoms. The lowest BCUT2D eigenvalue weighted by Gasteiger charge is -2.35. The van der Waals surface area contributed by atoms with Crippen LogP contribution in [0.3, 0.4) is 0 Å². The Bertz CT molecular complexity index is 1210. The van der Waals surface area contributed by atoms with E-state index < -0.39 is 35.3 Å². The highest BCUT2D eigenvalue weighted by Gasteiger charge is 2.49. The van der Waals surface area contributed by atoms with Gasteiger partial charge in [-0.05, 0) is 49.9 Å². The number of nitrogens with zero attached hydrogens (tertiary/aromatic N) is 1. The van der Waals surface area contributed by atoms with Gasteiger partial charge in [0.2, 0.25) is 17.7 Å². The Morgan fingerprint density at radius 3 is 2.23 bits per heavy atom. The zero-order valence-electron chi connectivity index (χ0n) is 19.9. The first-order valence-corrected chi connectivity index (χ1v) is 11.5. The molecule has 9 heteroatoms. The maximum atomic E-state index is 13.1. The molecule has 2 heterocycles. The third kappa shape index (κ3) is 4.29. The summed E-state index contributed by atoms with van der Waals surface area (Å²) in [6.07, 6.45) is 1.22. The SMILES string of the molecule is CCC1(c2ccc(NC(=O)CN3C(=O)NC(C)(c4ccc(C)cc4)C3=O)cc2)CCC(=O)NC1=O. The normalized spacial score (nSPS) is 24.3. The third-order valence-electron chi connectivity index (χ3n) is 7.00. The number of hydrogen-bond acceptors (Lipinski definition) is 5. The summed E-state index contributed by atoms with van der Waals surface area (Å²) in [6, 6.07) is 13.5. The Labute approximate surface area is 203 Å². The van der Waals surface area contributed by atoms with E-state index >= 15 is 0 Å². The van der Waals surface area contributed by atoms with E-state index in [1.165, 1.54) is 0 Å². The molecule has 2 fully saturated rings. The first-order chi connectivity index (χ1) is 16.6. The van der Waals surface area contributed by atoms with E-state index in [9.17, 15) is 24.0 Å². The van der Waals surface area contributed by atoms with Crippen molar-refractivity contribution in [2.45, 2.75) is 51.0 Å². The van der Waals surface area contributed by atoms with Crippen LogP contribution < -0.4 is 16.0 Å². The van der Waals surface area contributed by atoms with Crippen LogP contribution in [0.2, 0.25) is 0 Å². The van der Waals surface area contributed by atoms with Gasteiger partial charge in [-0.15, -0.1) is 0 Å². The van der Waals surface area contributed by atoms with Crippen molar-refractivity contribution in [3.63, 3.8) is 0 Å². The monoisotopic (exact) mass is 476 g/mol. The van der Waals surface area contributed by atoms with Crippen molar-refractivity contribution in [2.75, 3.05) is 11.9 Å². The number of rotatable bonds is 6. The minimum absolute atomic E-state index is 0.269. The summed E-state index contributed by atoms with van der Waals surface area (Å²) in [5.74, 6) is -1.62. The molecule has 2 atom stereocenters. The fourth-order valence-electron chi connectivity index (χ4n) is 4.71. The molecule has 0 spiro atoms.